The molecule has 1 atom stereocenters. The van der Waals surface area contributed by atoms with E-state index in [4.69, 9.17) is 0 Å². The fraction of sp³-hybridized carbons (Fsp3) is 0.286. The van der Waals surface area contributed by atoms with Crippen LogP contribution in [0.5, 0.6) is 0 Å². The maximum Gasteiger partial charge on any atom is 0.269 e. The molecule has 1 aliphatic heterocycles. The Labute approximate surface area is 128 Å². The average molecular weight is 321 g/mol. The molecule has 7 nitrogen and oxygen atoms in total. The zero-order chi connectivity index (χ0) is 15.9. The van der Waals surface area contributed by atoms with Crippen molar-refractivity contribution in [2.75, 3.05) is 12.8 Å². The van der Waals surface area contributed by atoms with Crippen molar-refractivity contribution in [1.29, 1.82) is 0 Å². The van der Waals surface area contributed by atoms with Gasteiger partial charge in [0.05, 0.1) is 17.2 Å². The van der Waals surface area contributed by atoms with Crippen molar-refractivity contribution in [3.05, 3.63) is 64.0 Å². The molecule has 0 saturated carbocycles. The van der Waals surface area contributed by atoms with Crippen LogP contribution in [0, 0.1) is 10.1 Å². The Hall–Kier alpha value is -2.19. The van der Waals surface area contributed by atoms with Gasteiger partial charge in [-0.15, -0.1) is 0 Å². The molecule has 0 unspecified atom stereocenters. The van der Waals surface area contributed by atoms with E-state index in [-0.39, 0.29) is 5.69 Å². The standard InChI is InChI=1S/C14H15N3O4S/c1-22(20,21)16-10-9-15-8-2-3-13(15)14(16)11-4-6-12(7-5-11)17(18)19/h2-8,14H,9-10H2,1H3/t14-/m0/s1. The normalized spacial score (nSPS) is 18.9. The lowest BCUT2D eigenvalue weighted by Gasteiger charge is -2.35. The maximum atomic E-state index is 12.1. The summed E-state index contributed by atoms with van der Waals surface area (Å²) in [5.41, 5.74) is 1.57. The molecular formula is C14H15N3O4S. The summed E-state index contributed by atoms with van der Waals surface area (Å²) < 4.78 is 27.6. The van der Waals surface area contributed by atoms with Crippen molar-refractivity contribution in [1.82, 2.24) is 8.87 Å². The molecule has 1 aromatic heterocycles. The topological polar surface area (TPSA) is 85.5 Å². The van der Waals surface area contributed by atoms with Crippen molar-refractivity contribution in [3.63, 3.8) is 0 Å². The molecule has 0 spiro atoms. The molecule has 0 bridgehead atoms. The molecule has 0 fully saturated rings. The molecule has 0 amide bonds. The first-order valence-corrected chi connectivity index (χ1v) is 8.59. The van der Waals surface area contributed by atoms with E-state index in [1.54, 1.807) is 12.1 Å². The minimum Gasteiger partial charge on any atom is -0.348 e. The Morgan fingerprint density at radius 2 is 1.86 bits per heavy atom. The molecule has 3 rings (SSSR count). The van der Waals surface area contributed by atoms with Crippen LogP contribution in [0.2, 0.25) is 0 Å². The average Bonchev–Trinajstić information content (AvgIpc) is 2.93. The van der Waals surface area contributed by atoms with Crippen LogP contribution in [-0.4, -0.2) is 35.0 Å². The van der Waals surface area contributed by atoms with E-state index in [1.807, 2.05) is 22.9 Å². The van der Waals surface area contributed by atoms with Crippen LogP contribution in [0.25, 0.3) is 0 Å². The van der Waals surface area contributed by atoms with Crippen LogP contribution in [0.4, 0.5) is 5.69 Å². The zero-order valence-corrected chi connectivity index (χ0v) is 12.7. The van der Waals surface area contributed by atoms with Crippen molar-refractivity contribution >= 4 is 15.7 Å². The fourth-order valence-electron chi connectivity index (χ4n) is 2.83. The molecule has 0 saturated heterocycles. The van der Waals surface area contributed by atoms with Gasteiger partial charge in [0.1, 0.15) is 0 Å². The number of benzene rings is 1. The highest BCUT2D eigenvalue weighted by Crippen LogP contribution is 2.34. The van der Waals surface area contributed by atoms with Crippen LogP contribution in [-0.2, 0) is 16.6 Å². The minimum absolute atomic E-state index is 0.0131. The Balaban J connectivity index is 2.09. The van der Waals surface area contributed by atoms with E-state index in [0.29, 0.717) is 13.1 Å². The quantitative estimate of drug-likeness (QED) is 0.637. The molecule has 8 heteroatoms. The highest BCUT2D eigenvalue weighted by Gasteiger charge is 2.34. The lowest BCUT2D eigenvalue weighted by Crippen LogP contribution is -2.41. The summed E-state index contributed by atoms with van der Waals surface area (Å²) in [6.45, 7) is 0.973. The first-order chi connectivity index (χ1) is 10.4. The smallest absolute Gasteiger partial charge is 0.269 e. The number of fused-ring (bicyclic) bond motifs is 1. The molecule has 2 heterocycles. The van der Waals surface area contributed by atoms with E-state index in [9.17, 15) is 18.5 Å². The Kier molecular flexibility index (Phi) is 3.50. The lowest BCUT2D eigenvalue weighted by atomic mass is 10.0. The van der Waals surface area contributed by atoms with Gasteiger partial charge >= 0.3 is 0 Å². The van der Waals surface area contributed by atoms with Crippen molar-refractivity contribution in [3.8, 4) is 0 Å². The number of non-ortho nitro benzene ring substituents is 1. The van der Waals surface area contributed by atoms with Gasteiger partial charge in [0.2, 0.25) is 10.0 Å². The third kappa shape index (κ3) is 2.51. The van der Waals surface area contributed by atoms with Gasteiger partial charge in [0.25, 0.3) is 5.69 Å². The van der Waals surface area contributed by atoms with E-state index in [1.165, 1.54) is 22.7 Å². The largest absolute Gasteiger partial charge is 0.348 e. The Morgan fingerprint density at radius 1 is 1.18 bits per heavy atom. The highest BCUT2D eigenvalue weighted by molar-refractivity contribution is 7.88. The van der Waals surface area contributed by atoms with Gasteiger partial charge in [-0.1, -0.05) is 12.1 Å². The maximum absolute atomic E-state index is 12.1. The predicted octanol–water partition coefficient (Wildman–Crippen LogP) is 1.76. The molecule has 0 N–H and O–H groups in total. The Bertz CT molecular complexity index is 811. The second-order valence-electron chi connectivity index (χ2n) is 5.25. The lowest BCUT2D eigenvalue weighted by molar-refractivity contribution is -0.384. The summed E-state index contributed by atoms with van der Waals surface area (Å²) >= 11 is 0. The number of nitrogens with zero attached hydrogens (tertiary/aromatic N) is 3. The highest BCUT2D eigenvalue weighted by atomic mass is 32.2. The third-order valence-corrected chi connectivity index (χ3v) is 5.09. The molecule has 0 aliphatic carbocycles. The molecule has 1 aliphatic rings. The van der Waals surface area contributed by atoms with Gasteiger partial charge in [-0.05, 0) is 17.7 Å². The second kappa shape index (κ2) is 5.22. The van der Waals surface area contributed by atoms with Crippen LogP contribution in [0.15, 0.2) is 42.6 Å². The van der Waals surface area contributed by atoms with E-state index in [2.05, 4.69) is 0 Å². The van der Waals surface area contributed by atoms with Gasteiger partial charge in [-0.3, -0.25) is 10.1 Å². The van der Waals surface area contributed by atoms with E-state index in [0.717, 1.165) is 11.3 Å². The van der Waals surface area contributed by atoms with Crippen LogP contribution < -0.4 is 0 Å². The van der Waals surface area contributed by atoms with E-state index < -0.39 is 21.0 Å². The van der Waals surface area contributed by atoms with Gasteiger partial charge in [0.15, 0.2) is 0 Å². The van der Waals surface area contributed by atoms with Crippen molar-refractivity contribution in [2.24, 2.45) is 0 Å². The summed E-state index contributed by atoms with van der Waals surface area (Å²) in [7, 11) is -3.38. The number of hydrogen-bond acceptors (Lipinski definition) is 4. The molecule has 0 radical (unpaired) electrons. The summed E-state index contributed by atoms with van der Waals surface area (Å²) in [6, 6.07) is 9.32. The number of aromatic nitrogens is 1. The van der Waals surface area contributed by atoms with Crippen molar-refractivity contribution < 1.29 is 13.3 Å². The van der Waals surface area contributed by atoms with Gasteiger partial charge < -0.3 is 4.57 Å². The summed E-state index contributed by atoms with van der Waals surface area (Å²) in [5, 5.41) is 10.8. The molecular weight excluding hydrogens is 306 g/mol. The second-order valence-corrected chi connectivity index (χ2v) is 7.19. The number of sulfonamides is 1. The van der Waals surface area contributed by atoms with Crippen LogP contribution in [0.1, 0.15) is 17.3 Å². The summed E-state index contributed by atoms with van der Waals surface area (Å²) in [5.74, 6) is 0. The number of nitro benzene ring substituents is 1. The van der Waals surface area contributed by atoms with Gasteiger partial charge in [0, 0.05) is 37.1 Å². The molecule has 2 aromatic rings. The Morgan fingerprint density at radius 3 is 2.45 bits per heavy atom. The fourth-order valence-corrected chi connectivity index (χ4v) is 3.86. The van der Waals surface area contributed by atoms with Crippen LogP contribution >= 0.6 is 0 Å². The number of hydrogen-bond donors (Lipinski definition) is 0. The number of nitro groups is 1. The van der Waals surface area contributed by atoms with Crippen molar-refractivity contribution in [2.45, 2.75) is 12.6 Å². The molecule has 1 aromatic carbocycles. The monoisotopic (exact) mass is 321 g/mol. The first-order valence-electron chi connectivity index (χ1n) is 6.74. The first kappa shape index (κ1) is 14.7. The number of rotatable bonds is 3. The van der Waals surface area contributed by atoms with Gasteiger partial charge in [-0.25, -0.2) is 8.42 Å². The van der Waals surface area contributed by atoms with Gasteiger partial charge in [-0.2, -0.15) is 4.31 Å². The third-order valence-electron chi connectivity index (χ3n) is 3.84. The minimum atomic E-state index is -3.38. The predicted molar refractivity (Wildman–Crippen MR) is 80.9 cm³/mol. The summed E-state index contributed by atoms with van der Waals surface area (Å²) in [4.78, 5) is 10.3. The summed E-state index contributed by atoms with van der Waals surface area (Å²) in [6.07, 6.45) is 3.09. The zero-order valence-electron chi connectivity index (χ0n) is 11.9. The molecule has 116 valence electrons. The molecule has 22 heavy (non-hydrogen) atoms. The SMILES string of the molecule is CS(=O)(=O)N1CCn2cccc2[C@@H]1c1ccc([N+](=O)[O-])cc1. The van der Waals surface area contributed by atoms with Crippen LogP contribution in [0.3, 0.4) is 0 Å². The van der Waals surface area contributed by atoms with E-state index >= 15 is 0 Å².